The van der Waals surface area contributed by atoms with Gasteiger partial charge in [0.05, 0.1) is 4.90 Å². The van der Waals surface area contributed by atoms with Crippen LogP contribution >= 0.6 is 0 Å². The molecule has 0 aromatic heterocycles. The molecule has 0 bridgehead atoms. The molecule has 1 rings (SSSR count). The van der Waals surface area contributed by atoms with E-state index < -0.39 is 15.8 Å². The number of benzene rings is 1. The summed E-state index contributed by atoms with van der Waals surface area (Å²) < 4.78 is 40.4. The molecule has 6 heteroatoms. The van der Waals surface area contributed by atoms with Gasteiger partial charge in [0.25, 0.3) is 0 Å². The Bertz CT molecular complexity index is 532. The van der Waals surface area contributed by atoms with E-state index in [1.807, 2.05) is 0 Å². The molecule has 1 aromatic rings. The van der Waals surface area contributed by atoms with Crippen LogP contribution in [0.4, 0.5) is 4.39 Å². The van der Waals surface area contributed by atoms with Crippen LogP contribution in [0.25, 0.3) is 0 Å². The van der Waals surface area contributed by atoms with Crippen LogP contribution in [0.5, 0.6) is 0 Å². The number of nitrogens with one attached hydrogen (secondary N) is 1. The lowest BCUT2D eigenvalue weighted by Gasteiger charge is -2.11. The van der Waals surface area contributed by atoms with E-state index in [0.29, 0.717) is 6.54 Å². The highest BCUT2D eigenvalue weighted by Crippen LogP contribution is 2.18. The molecular formula is C15H25FN2O2S. The molecule has 0 spiro atoms. The maximum absolute atomic E-state index is 13.6. The number of hydrogen-bond acceptors (Lipinski definition) is 3. The molecule has 120 valence electrons. The number of nitrogens with two attached hydrogens (primary N) is 1. The molecule has 4 nitrogen and oxygen atoms in total. The predicted molar refractivity (Wildman–Crippen MR) is 82.9 cm³/mol. The van der Waals surface area contributed by atoms with Gasteiger partial charge in [-0.1, -0.05) is 45.1 Å². The lowest BCUT2D eigenvalue weighted by atomic mass is 10.1. The van der Waals surface area contributed by atoms with Crippen molar-refractivity contribution >= 4 is 10.0 Å². The van der Waals surface area contributed by atoms with Gasteiger partial charge in [-0.15, -0.1) is 0 Å². The van der Waals surface area contributed by atoms with Gasteiger partial charge in [-0.25, -0.2) is 17.5 Å². The molecule has 1 aromatic carbocycles. The van der Waals surface area contributed by atoms with E-state index in [2.05, 4.69) is 11.6 Å². The van der Waals surface area contributed by atoms with Crippen molar-refractivity contribution in [3.8, 4) is 0 Å². The molecule has 0 heterocycles. The zero-order valence-corrected chi connectivity index (χ0v) is 13.4. The Kier molecular flexibility index (Phi) is 7.85. The largest absolute Gasteiger partial charge is 0.326 e. The van der Waals surface area contributed by atoms with Gasteiger partial charge in [0.1, 0.15) is 5.82 Å². The van der Waals surface area contributed by atoms with Crippen molar-refractivity contribution in [2.45, 2.75) is 56.9 Å². The summed E-state index contributed by atoms with van der Waals surface area (Å²) in [7, 11) is -3.69. The first kappa shape index (κ1) is 18.1. The molecule has 0 amide bonds. The van der Waals surface area contributed by atoms with Crippen LogP contribution in [0.3, 0.4) is 0 Å². The Labute approximate surface area is 127 Å². The van der Waals surface area contributed by atoms with E-state index in [9.17, 15) is 12.8 Å². The van der Waals surface area contributed by atoms with Gasteiger partial charge in [-0.3, -0.25) is 0 Å². The average Bonchev–Trinajstić information content (AvgIpc) is 2.46. The van der Waals surface area contributed by atoms with Crippen LogP contribution in [0.2, 0.25) is 0 Å². The molecule has 0 unspecified atom stereocenters. The quantitative estimate of drug-likeness (QED) is 0.652. The average molecular weight is 316 g/mol. The molecule has 0 radical (unpaired) electrons. The molecular weight excluding hydrogens is 291 g/mol. The third kappa shape index (κ3) is 5.73. The highest BCUT2D eigenvalue weighted by Gasteiger charge is 2.19. The number of sulfonamides is 1. The van der Waals surface area contributed by atoms with Gasteiger partial charge in [-0.05, 0) is 18.6 Å². The smallest absolute Gasteiger partial charge is 0.240 e. The monoisotopic (exact) mass is 316 g/mol. The van der Waals surface area contributed by atoms with E-state index >= 15 is 0 Å². The van der Waals surface area contributed by atoms with Gasteiger partial charge >= 0.3 is 0 Å². The van der Waals surface area contributed by atoms with E-state index in [1.54, 1.807) is 0 Å². The van der Waals surface area contributed by atoms with Gasteiger partial charge in [0.2, 0.25) is 10.0 Å². The Hall–Kier alpha value is -0.980. The van der Waals surface area contributed by atoms with E-state index in [-0.39, 0.29) is 17.0 Å². The normalized spacial score (nSPS) is 11.8. The zero-order valence-electron chi connectivity index (χ0n) is 12.6. The number of halogens is 1. The minimum atomic E-state index is -3.69. The van der Waals surface area contributed by atoms with Gasteiger partial charge in [0, 0.05) is 18.7 Å². The fourth-order valence-corrected chi connectivity index (χ4v) is 3.51. The van der Waals surface area contributed by atoms with Crippen LogP contribution in [0.1, 0.15) is 51.0 Å². The maximum atomic E-state index is 13.6. The van der Waals surface area contributed by atoms with Crippen LogP contribution < -0.4 is 10.5 Å². The zero-order chi connectivity index (χ0) is 15.7. The van der Waals surface area contributed by atoms with Gasteiger partial charge in [-0.2, -0.15) is 0 Å². The van der Waals surface area contributed by atoms with Crippen LogP contribution in [-0.2, 0) is 16.6 Å². The first-order valence-electron chi connectivity index (χ1n) is 7.50. The summed E-state index contributed by atoms with van der Waals surface area (Å²) >= 11 is 0. The Morgan fingerprint density at radius 2 is 1.81 bits per heavy atom. The van der Waals surface area contributed by atoms with Crippen LogP contribution in [-0.4, -0.2) is 15.0 Å². The summed E-state index contributed by atoms with van der Waals surface area (Å²) in [4.78, 5) is -0.0593. The van der Waals surface area contributed by atoms with Crippen molar-refractivity contribution in [3.05, 3.63) is 29.6 Å². The standard InChI is InChI=1S/C15H25FN2O2S/c1-2-3-4-5-6-7-11-18-21(19,20)15-10-8-9-14(16)13(15)12-17/h8-10,18H,2-7,11-12,17H2,1H3. The molecule has 0 aliphatic rings. The first-order chi connectivity index (χ1) is 10.0. The molecule has 21 heavy (non-hydrogen) atoms. The highest BCUT2D eigenvalue weighted by atomic mass is 32.2. The maximum Gasteiger partial charge on any atom is 0.240 e. The van der Waals surface area contributed by atoms with Crippen molar-refractivity contribution in [1.82, 2.24) is 4.72 Å². The second kappa shape index (κ2) is 9.12. The number of unbranched alkanes of at least 4 members (excludes halogenated alkanes) is 5. The Morgan fingerprint density at radius 3 is 2.48 bits per heavy atom. The van der Waals surface area contributed by atoms with Gasteiger partial charge in [0.15, 0.2) is 0 Å². The van der Waals surface area contributed by atoms with E-state index in [0.717, 1.165) is 19.3 Å². The summed E-state index contributed by atoms with van der Waals surface area (Å²) in [6.45, 7) is 2.39. The summed E-state index contributed by atoms with van der Waals surface area (Å²) in [5.41, 5.74) is 5.47. The molecule has 0 fully saturated rings. The number of hydrogen-bond donors (Lipinski definition) is 2. The fourth-order valence-electron chi connectivity index (χ4n) is 2.18. The third-order valence-electron chi connectivity index (χ3n) is 3.39. The molecule has 0 saturated heterocycles. The second-order valence-corrected chi connectivity index (χ2v) is 6.82. The molecule has 0 aliphatic carbocycles. The highest BCUT2D eigenvalue weighted by molar-refractivity contribution is 7.89. The first-order valence-corrected chi connectivity index (χ1v) is 8.98. The SMILES string of the molecule is CCCCCCCCNS(=O)(=O)c1cccc(F)c1CN. The Balaban J connectivity index is 2.53. The minimum absolute atomic E-state index is 0.0351. The summed E-state index contributed by atoms with van der Waals surface area (Å²) in [6, 6.07) is 3.98. The second-order valence-electron chi connectivity index (χ2n) is 5.09. The third-order valence-corrected chi connectivity index (χ3v) is 4.94. The van der Waals surface area contributed by atoms with Crippen molar-refractivity contribution in [1.29, 1.82) is 0 Å². The van der Waals surface area contributed by atoms with Crippen molar-refractivity contribution < 1.29 is 12.8 Å². The number of rotatable bonds is 10. The minimum Gasteiger partial charge on any atom is -0.326 e. The molecule has 0 aliphatic heterocycles. The molecule has 3 N–H and O–H groups in total. The predicted octanol–water partition coefficient (Wildman–Crippen LogP) is 2.92. The molecule has 0 atom stereocenters. The fraction of sp³-hybridized carbons (Fsp3) is 0.600. The van der Waals surface area contributed by atoms with E-state index in [4.69, 9.17) is 5.73 Å². The van der Waals surface area contributed by atoms with Crippen molar-refractivity contribution in [3.63, 3.8) is 0 Å². The van der Waals surface area contributed by atoms with E-state index in [1.165, 1.54) is 37.5 Å². The Morgan fingerprint density at radius 1 is 1.14 bits per heavy atom. The van der Waals surface area contributed by atoms with Crippen molar-refractivity contribution in [2.24, 2.45) is 5.73 Å². The summed E-state index contributed by atoms with van der Waals surface area (Å²) in [6.07, 6.45) is 6.49. The molecule has 0 saturated carbocycles. The van der Waals surface area contributed by atoms with Crippen molar-refractivity contribution in [2.75, 3.05) is 6.54 Å². The lowest BCUT2D eigenvalue weighted by molar-refractivity contribution is 0.561. The van der Waals surface area contributed by atoms with Crippen LogP contribution in [0, 0.1) is 5.82 Å². The van der Waals surface area contributed by atoms with Crippen LogP contribution in [0.15, 0.2) is 23.1 Å². The lowest BCUT2D eigenvalue weighted by Crippen LogP contribution is -2.26. The van der Waals surface area contributed by atoms with Gasteiger partial charge < -0.3 is 5.73 Å². The summed E-state index contributed by atoms with van der Waals surface area (Å²) in [5, 5.41) is 0. The topological polar surface area (TPSA) is 72.2 Å². The summed E-state index contributed by atoms with van der Waals surface area (Å²) in [5.74, 6) is -0.583.